The van der Waals surface area contributed by atoms with Gasteiger partial charge in [-0.2, -0.15) is 0 Å². The molecule has 0 unspecified atom stereocenters. The van der Waals surface area contributed by atoms with Crippen LogP contribution in [-0.2, 0) is 14.3 Å². The van der Waals surface area contributed by atoms with Gasteiger partial charge in [0.15, 0.2) is 23.0 Å². The van der Waals surface area contributed by atoms with Gasteiger partial charge >= 0.3 is 0 Å². The summed E-state index contributed by atoms with van der Waals surface area (Å²) in [4.78, 5) is 21.4. The van der Waals surface area contributed by atoms with Crippen LogP contribution >= 0.6 is 0 Å². The maximum atomic E-state index is 10.7. The third kappa shape index (κ3) is 6.01. The van der Waals surface area contributed by atoms with Gasteiger partial charge in [0.25, 0.3) is 0 Å². The normalized spacial score (nSPS) is 14.6. The average Bonchev–Trinajstić information content (AvgIpc) is 2.73. The zero-order valence-electron chi connectivity index (χ0n) is 15.7. The number of benzene rings is 2. The molecule has 2 aromatic rings. The summed E-state index contributed by atoms with van der Waals surface area (Å²) in [5, 5.41) is 5.16. The van der Waals surface area contributed by atoms with E-state index in [-0.39, 0.29) is 13.2 Å². The van der Waals surface area contributed by atoms with Crippen LogP contribution in [-0.4, -0.2) is 52.5 Å². The molecule has 1 heterocycles. The van der Waals surface area contributed by atoms with Crippen LogP contribution < -0.4 is 29.6 Å². The molecule has 154 valence electrons. The minimum Gasteiger partial charge on any atom is -0.487 e. The van der Waals surface area contributed by atoms with E-state index in [2.05, 4.69) is 10.6 Å². The van der Waals surface area contributed by atoms with E-state index in [1.807, 2.05) is 0 Å². The van der Waals surface area contributed by atoms with Gasteiger partial charge in [-0.1, -0.05) is 0 Å². The molecule has 0 bridgehead atoms. The molecular weight excluding hydrogens is 380 g/mol. The fourth-order valence-electron chi connectivity index (χ4n) is 2.62. The van der Waals surface area contributed by atoms with Gasteiger partial charge < -0.3 is 34.3 Å². The highest BCUT2D eigenvalue weighted by atomic mass is 16.6. The lowest BCUT2D eigenvalue weighted by Gasteiger charge is -2.15. The van der Waals surface area contributed by atoms with E-state index in [4.69, 9.17) is 23.7 Å². The summed E-state index contributed by atoms with van der Waals surface area (Å²) in [5.41, 5.74) is 1.17. The molecule has 0 aromatic heterocycles. The predicted molar refractivity (Wildman–Crippen MR) is 105 cm³/mol. The number of hydrogen-bond donors (Lipinski definition) is 2. The molecule has 0 radical (unpaired) electrons. The minimum atomic E-state index is 0.224. The van der Waals surface area contributed by atoms with Crippen LogP contribution in [0.1, 0.15) is 0 Å². The SMILES string of the molecule is O=CNc1ccc2c(c1)OCCOc1cc(NC=O)ccc1OCCOCCO2. The Hall–Kier alpha value is -3.46. The zero-order valence-corrected chi connectivity index (χ0v) is 15.7. The topological polar surface area (TPSA) is 104 Å². The molecule has 2 N–H and O–H groups in total. The highest BCUT2D eigenvalue weighted by Crippen LogP contribution is 2.32. The number of carbonyl (C=O) groups is 2. The largest absolute Gasteiger partial charge is 0.487 e. The number of ether oxygens (including phenoxy) is 5. The standard InChI is InChI=1S/C20H22N2O7/c23-13-21-15-1-3-17-19(11-15)28-9-10-29-20-12-16(22-14-24)2-4-18(20)27-8-6-25-5-7-26-17/h1-4,11-14H,5-10H2,(H,21,23)(H,22,24). The van der Waals surface area contributed by atoms with Crippen molar-refractivity contribution in [2.75, 3.05) is 50.3 Å². The molecular formula is C20H22N2O7. The van der Waals surface area contributed by atoms with Crippen molar-refractivity contribution in [3.05, 3.63) is 36.4 Å². The van der Waals surface area contributed by atoms with Crippen LogP contribution in [0.25, 0.3) is 0 Å². The molecule has 3 rings (SSSR count). The molecule has 0 spiro atoms. The first-order valence-corrected chi connectivity index (χ1v) is 9.07. The van der Waals surface area contributed by atoms with Gasteiger partial charge in [0.05, 0.1) is 13.2 Å². The van der Waals surface area contributed by atoms with Crippen LogP contribution in [0.4, 0.5) is 11.4 Å². The molecule has 0 saturated carbocycles. The molecule has 9 heteroatoms. The Labute approximate surface area is 167 Å². The van der Waals surface area contributed by atoms with E-state index in [1.54, 1.807) is 36.4 Å². The lowest BCUT2D eigenvalue weighted by molar-refractivity contribution is -0.106. The zero-order chi connectivity index (χ0) is 20.3. The third-order valence-corrected chi connectivity index (χ3v) is 3.91. The quantitative estimate of drug-likeness (QED) is 0.755. The Kier molecular flexibility index (Phi) is 7.53. The van der Waals surface area contributed by atoms with Crippen molar-refractivity contribution < 1.29 is 33.3 Å². The average molecular weight is 402 g/mol. The second-order valence-electron chi connectivity index (χ2n) is 5.85. The Morgan fingerprint density at radius 2 is 1.00 bits per heavy atom. The first-order valence-electron chi connectivity index (χ1n) is 9.07. The number of anilines is 2. The fourth-order valence-corrected chi connectivity index (χ4v) is 2.62. The Bertz CT molecular complexity index is 761. The number of amides is 2. The Balaban J connectivity index is 1.75. The summed E-state index contributed by atoms with van der Waals surface area (Å²) < 4.78 is 28.5. The number of fused-ring (bicyclic) bond motifs is 2. The molecule has 0 atom stereocenters. The van der Waals surface area contributed by atoms with Gasteiger partial charge in [-0.05, 0) is 24.3 Å². The summed E-state index contributed by atoms with van der Waals surface area (Å²) >= 11 is 0. The van der Waals surface area contributed by atoms with Gasteiger partial charge in [0.2, 0.25) is 12.8 Å². The van der Waals surface area contributed by atoms with E-state index in [0.29, 0.717) is 73.6 Å². The number of rotatable bonds is 4. The van der Waals surface area contributed by atoms with Gasteiger partial charge in [-0.15, -0.1) is 0 Å². The fraction of sp³-hybridized carbons (Fsp3) is 0.300. The molecule has 1 aliphatic heterocycles. The van der Waals surface area contributed by atoms with Crippen LogP contribution in [0, 0.1) is 0 Å². The van der Waals surface area contributed by atoms with Crippen molar-refractivity contribution in [3.63, 3.8) is 0 Å². The van der Waals surface area contributed by atoms with Crippen LogP contribution in [0.2, 0.25) is 0 Å². The highest BCUT2D eigenvalue weighted by Gasteiger charge is 2.11. The molecule has 0 fully saturated rings. The lowest BCUT2D eigenvalue weighted by atomic mass is 10.2. The van der Waals surface area contributed by atoms with E-state index in [9.17, 15) is 9.59 Å². The van der Waals surface area contributed by atoms with E-state index >= 15 is 0 Å². The molecule has 2 aromatic carbocycles. The maximum Gasteiger partial charge on any atom is 0.211 e. The summed E-state index contributed by atoms with van der Waals surface area (Å²) in [6.45, 7) is 1.88. The molecule has 0 aliphatic carbocycles. The first-order chi connectivity index (χ1) is 14.3. The van der Waals surface area contributed by atoms with Crippen molar-refractivity contribution in [1.29, 1.82) is 0 Å². The minimum absolute atomic E-state index is 0.224. The second kappa shape index (κ2) is 10.8. The number of nitrogens with one attached hydrogen (secondary N) is 2. The van der Waals surface area contributed by atoms with Gasteiger partial charge in [-0.25, -0.2) is 0 Å². The smallest absolute Gasteiger partial charge is 0.211 e. The Morgan fingerprint density at radius 3 is 1.45 bits per heavy atom. The molecule has 2 amide bonds. The van der Waals surface area contributed by atoms with Gasteiger partial charge in [0.1, 0.15) is 26.4 Å². The first kappa shape index (κ1) is 20.3. The van der Waals surface area contributed by atoms with Crippen molar-refractivity contribution in [2.45, 2.75) is 0 Å². The van der Waals surface area contributed by atoms with Crippen LogP contribution in [0.15, 0.2) is 36.4 Å². The van der Waals surface area contributed by atoms with Crippen LogP contribution in [0.5, 0.6) is 23.0 Å². The number of hydrogen-bond acceptors (Lipinski definition) is 7. The lowest BCUT2D eigenvalue weighted by Crippen LogP contribution is -2.12. The summed E-state index contributed by atoms with van der Waals surface area (Å²) in [7, 11) is 0. The van der Waals surface area contributed by atoms with E-state index < -0.39 is 0 Å². The molecule has 9 nitrogen and oxygen atoms in total. The highest BCUT2D eigenvalue weighted by molar-refractivity contribution is 5.73. The molecule has 0 saturated heterocycles. The monoisotopic (exact) mass is 402 g/mol. The van der Waals surface area contributed by atoms with E-state index in [0.717, 1.165) is 0 Å². The van der Waals surface area contributed by atoms with Crippen molar-refractivity contribution in [1.82, 2.24) is 0 Å². The van der Waals surface area contributed by atoms with Crippen molar-refractivity contribution >= 4 is 24.2 Å². The van der Waals surface area contributed by atoms with E-state index in [1.165, 1.54) is 0 Å². The number of carbonyl (C=O) groups excluding carboxylic acids is 2. The van der Waals surface area contributed by atoms with Gasteiger partial charge in [-0.3, -0.25) is 9.59 Å². The van der Waals surface area contributed by atoms with Crippen molar-refractivity contribution in [2.24, 2.45) is 0 Å². The summed E-state index contributed by atoms with van der Waals surface area (Å²) in [6.07, 6.45) is 1.18. The Morgan fingerprint density at radius 1 is 0.586 bits per heavy atom. The van der Waals surface area contributed by atoms with Crippen molar-refractivity contribution in [3.8, 4) is 23.0 Å². The summed E-state index contributed by atoms with van der Waals surface area (Å²) in [5.74, 6) is 2.02. The summed E-state index contributed by atoms with van der Waals surface area (Å²) in [6, 6.07) is 10.2. The maximum absolute atomic E-state index is 10.7. The second-order valence-corrected chi connectivity index (χ2v) is 5.85. The van der Waals surface area contributed by atoms with Gasteiger partial charge in [0, 0.05) is 23.5 Å². The molecule has 1 aliphatic rings. The molecule has 29 heavy (non-hydrogen) atoms. The predicted octanol–water partition coefficient (Wildman–Crippen LogP) is 2.07. The third-order valence-electron chi connectivity index (χ3n) is 3.91. The van der Waals surface area contributed by atoms with Crippen LogP contribution in [0.3, 0.4) is 0 Å².